The number of rotatable bonds is 3. The van der Waals surface area contributed by atoms with Crippen molar-refractivity contribution in [3.05, 3.63) is 39.6 Å². The number of pyridine rings is 1. The maximum absolute atomic E-state index is 12.0. The number of nitrogens with one attached hydrogen (secondary N) is 1. The Morgan fingerprint density at radius 1 is 1.45 bits per heavy atom. The molecule has 0 aliphatic carbocycles. The second-order valence-corrected chi connectivity index (χ2v) is 5.13. The van der Waals surface area contributed by atoms with Crippen molar-refractivity contribution in [3.63, 3.8) is 0 Å². The molecule has 0 aromatic carbocycles. The Labute approximate surface area is 123 Å². The SMILES string of the molecule is COC(=O)c1sc(NC(=O)c2ccnc(Cl)c2)nc1C. The van der Waals surface area contributed by atoms with E-state index < -0.39 is 5.97 Å². The molecule has 0 aliphatic rings. The number of halogens is 1. The lowest BCUT2D eigenvalue weighted by Crippen LogP contribution is -2.11. The highest BCUT2D eigenvalue weighted by atomic mass is 35.5. The summed E-state index contributed by atoms with van der Waals surface area (Å²) in [5.41, 5.74) is 0.863. The molecule has 2 aromatic heterocycles. The van der Waals surface area contributed by atoms with E-state index in [4.69, 9.17) is 11.6 Å². The first-order valence-corrected chi connectivity index (χ1v) is 6.69. The van der Waals surface area contributed by atoms with E-state index >= 15 is 0 Å². The zero-order valence-electron chi connectivity index (χ0n) is 10.6. The summed E-state index contributed by atoms with van der Waals surface area (Å²) >= 11 is 6.77. The fourth-order valence-electron chi connectivity index (χ4n) is 1.44. The zero-order valence-corrected chi connectivity index (χ0v) is 12.2. The normalized spacial score (nSPS) is 10.2. The van der Waals surface area contributed by atoms with E-state index in [-0.39, 0.29) is 11.1 Å². The summed E-state index contributed by atoms with van der Waals surface area (Å²) < 4.78 is 4.63. The molecular formula is C12H10ClN3O3S. The molecule has 0 radical (unpaired) electrons. The molecule has 0 bridgehead atoms. The number of carbonyl (C=O) groups excluding carboxylic acids is 2. The maximum Gasteiger partial charge on any atom is 0.350 e. The van der Waals surface area contributed by atoms with E-state index in [1.54, 1.807) is 6.92 Å². The average molecular weight is 312 g/mol. The predicted molar refractivity (Wildman–Crippen MR) is 75.4 cm³/mol. The Bertz CT molecular complexity index is 672. The van der Waals surface area contributed by atoms with Crippen molar-refractivity contribution >= 4 is 39.9 Å². The zero-order chi connectivity index (χ0) is 14.7. The van der Waals surface area contributed by atoms with Gasteiger partial charge < -0.3 is 4.74 Å². The number of amides is 1. The third kappa shape index (κ3) is 3.12. The number of esters is 1. The lowest BCUT2D eigenvalue weighted by atomic mass is 10.2. The first-order valence-electron chi connectivity index (χ1n) is 5.50. The van der Waals surface area contributed by atoms with Gasteiger partial charge in [0.2, 0.25) is 0 Å². The van der Waals surface area contributed by atoms with Crippen molar-refractivity contribution in [1.82, 2.24) is 9.97 Å². The molecule has 0 aliphatic heterocycles. The molecule has 8 heteroatoms. The predicted octanol–water partition coefficient (Wildman–Crippen LogP) is 2.54. The molecule has 6 nitrogen and oxygen atoms in total. The van der Waals surface area contributed by atoms with Gasteiger partial charge in [0.1, 0.15) is 10.0 Å². The van der Waals surface area contributed by atoms with Crippen LogP contribution in [0.5, 0.6) is 0 Å². The lowest BCUT2D eigenvalue weighted by Gasteiger charge is -2.01. The third-order valence-electron chi connectivity index (χ3n) is 2.38. The van der Waals surface area contributed by atoms with Crippen LogP contribution in [0.4, 0.5) is 5.13 Å². The third-order valence-corrected chi connectivity index (χ3v) is 3.64. The van der Waals surface area contributed by atoms with Gasteiger partial charge in [0, 0.05) is 11.8 Å². The molecule has 0 saturated carbocycles. The second kappa shape index (κ2) is 5.98. The molecular weight excluding hydrogens is 302 g/mol. The molecule has 0 atom stereocenters. The molecule has 2 aromatic rings. The van der Waals surface area contributed by atoms with Gasteiger partial charge in [0.25, 0.3) is 5.91 Å². The van der Waals surface area contributed by atoms with Crippen LogP contribution in [0.25, 0.3) is 0 Å². The maximum atomic E-state index is 12.0. The van der Waals surface area contributed by atoms with Crippen LogP contribution in [0, 0.1) is 6.92 Å². The lowest BCUT2D eigenvalue weighted by molar-refractivity contribution is 0.0605. The van der Waals surface area contributed by atoms with E-state index in [9.17, 15) is 9.59 Å². The highest BCUT2D eigenvalue weighted by Crippen LogP contribution is 2.23. The van der Waals surface area contributed by atoms with Crippen molar-refractivity contribution in [2.45, 2.75) is 6.92 Å². The van der Waals surface area contributed by atoms with E-state index in [1.807, 2.05) is 0 Å². The van der Waals surface area contributed by atoms with Crippen LogP contribution >= 0.6 is 22.9 Å². The largest absolute Gasteiger partial charge is 0.465 e. The quantitative estimate of drug-likeness (QED) is 0.696. The summed E-state index contributed by atoms with van der Waals surface area (Å²) in [6, 6.07) is 2.97. The summed E-state index contributed by atoms with van der Waals surface area (Å²) in [6.07, 6.45) is 1.43. The van der Waals surface area contributed by atoms with Gasteiger partial charge in [0.15, 0.2) is 5.13 Å². The van der Waals surface area contributed by atoms with Crippen LogP contribution in [0.15, 0.2) is 18.3 Å². The minimum absolute atomic E-state index is 0.225. The van der Waals surface area contributed by atoms with E-state index in [1.165, 1.54) is 25.4 Å². The molecule has 2 rings (SSSR count). The van der Waals surface area contributed by atoms with Gasteiger partial charge >= 0.3 is 5.97 Å². The van der Waals surface area contributed by atoms with Crippen molar-refractivity contribution in [3.8, 4) is 0 Å². The molecule has 0 fully saturated rings. The Morgan fingerprint density at radius 2 is 2.20 bits per heavy atom. The molecule has 20 heavy (non-hydrogen) atoms. The van der Waals surface area contributed by atoms with E-state index in [2.05, 4.69) is 20.0 Å². The fourth-order valence-corrected chi connectivity index (χ4v) is 2.50. The monoisotopic (exact) mass is 311 g/mol. The van der Waals surface area contributed by atoms with Crippen LogP contribution in [0.3, 0.4) is 0 Å². The van der Waals surface area contributed by atoms with Crippen LogP contribution in [-0.4, -0.2) is 29.0 Å². The number of anilines is 1. The van der Waals surface area contributed by atoms with Crippen LogP contribution < -0.4 is 5.32 Å². The van der Waals surface area contributed by atoms with Gasteiger partial charge in [-0.25, -0.2) is 14.8 Å². The van der Waals surface area contributed by atoms with Gasteiger partial charge in [-0.05, 0) is 19.1 Å². The Kier molecular flexibility index (Phi) is 4.31. The number of carbonyl (C=O) groups is 2. The number of aryl methyl sites for hydroxylation is 1. The molecule has 1 N–H and O–H groups in total. The average Bonchev–Trinajstić information content (AvgIpc) is 2.78. The Hall–Kier alpha value is -1.99. The van der Waals surface area contributed by atoms with Crippen molar-refractivity contribution in [2.24, 2.45) is 0 Å². The van der Waals surface area contributed by atoms with Crippen LogP contribution in [0.2, 0.25) is 5.15 Å². The van der Waals surface area contributed by atoms with E-state index in [0.717, 1.165) is 11.3 Å². The van der Waals surface area contributed by atoms with Gasteiger partial charge in [-0.15, -0.1) is 0 Å². The number of aromatic nitrogens is 2. The summed E-state index contributed by atoms with van der Waals surface area (Å²) in [4.78, 5) is 31.7. The molecule has 1 amide bonds. The first kappa shape index (κ1) is 14.4. The highest BCUT2D eigenvalue weighted by Gasteiger charge is 2.17. The molecule has 0 saturated heterocycles. The summed E-state index contributed by atoms with van der Waals surface area (Å²) in [6.45, 7) is 1.67. The van der Waals surface area contributed by atoms with Gasteiger partial charge in [-0.2, -0.15) is 0 Å². The van der Waals surface area contributed by atoms with Crippen LogP contribution in [0.1, 0.15) is 25.7 Å². The number of thiazole rings is 1. The van der Waals surface area contributed by atoms with Gasteiger partial charge in [-0.3, -0.25) is 10.1 Å². The minimum atomic E-state index is -0.479. The minimum Gasteiger partial charge on any atom is -0.465 e. The first-order chi connectivity index (χ1) is 9.51. The smallest absolute Gasteiger partial charge is 0.350 e. The second-order valence-electron chi connectivity index (χ2n) is 3.75. The standard InChI is InChI=1S/C12H10ClN3O3S/c1-6-9(11(18)19-2)20-12(15-6)16-10(17)7-3-4-14-8(13)5-7/h3-5H,1-2H3,(H,15,16,17). The fraction of sp³-hybridized carbons (Fsp3) is 0.167. The van der Waals surface area contributed by atoms with Crippen molar-refractivity contribution in [1.29, 1.82) is 0 Å². The van der Waals surface area contributed by atoms with Crippen LogP contribution in [-0.2, 0) is 4.74 Å². The van der Waals surface area contributed by atoms with Crippen molar-refractivity contribution in [2.75, 3.05) is 12.4 Å². The number of nitrogens with zero attached hydrogens (tertiary/aromatic N) is 2. The number of hydrogen-bond donors (Lipinski definition) is 1. The number of hydrogen-bond acceptors (Lipinski definition) is 6. The topological polar surface area (TPSA) is 81.2 Å². The Morgan fingerprint density at radius 3 is 2.85 bits per heavy atom. The summed E-state index contributed by atoms with van der Waals surface area (Å²) in [5.74, 6) is -0.855. The van der Waals surface area contributed by atoms with Gasteiger partial charge in [0.05, 0.1) is 12.8 Å². The number of methoxy groups -OCH3 is 1. The summed E-state index contributed by atoms with van der Waals surface area (Å²) in [5, 5.41) is 3.15. The number of ether oxygens (including phenoxy) is 1. The van der Waals surface area contributed by atoms with E-state index in [0.29, 0.717) is 21.3 Å². The Balaban J connectivity index is 2.18. The molecule has 2 heterocycles. The van der Waals surface area contributed by atoms with Gasteiger partial charge in [-0.1, -0.05) is 22.9 Å². The molecule has 0 unspecified atom stereocenters. The highest BCUT2D eigenvalue weighted by molar-refractivity contribution is 7.17. The molecule has 0 spiro atoms. The van der Waals surface area contributed by atoms with Crippen molar-refractivity contribution < 1.29 is 14.3 Å². The summed E-state index contributed by atoms with van der Waals surface area (Å²) in [7, 11) is 1.29. The molecule has 104 valence electrons.